The average Bonchev–Trinajstić information content (AvgIpc) is 3.36. The van der Waals surface area contributed by atoms with Crippen LogP contribution in [0.15, 0.2) is 53.0 Å². The quantitative estimate of drug-likeness (QED) is 0.703. The van der Waals surface area contributed by atoms with E-state index in [9.17, 15) is 4.79 Å². The van der Waals surface area contributed by atoms with Crippen LogP contribution in [-0.4, -0.2) is 71.5 Å². The summed E-state index contributed by atoms with van der Waals surface area (Å²) in [5.41, 5.74) is 1.47. The van der Waals surface area contributed by atoms with Crippen LogP contribution in [0.5, 0.6) is 0 Å². The highest BCUT2D eigenvalue weighted by Gasteiger charge is 2.59. The Kier molecular flexibility index (Phi) is 6.67. The number of hydrogen-bond acceptors (Lipinski definition) is 5. The van der Waals surface area contributed by atoms with Crippen LogP contribution in [0.3, 0.4) is 0 Å². The SMILES string of the molecule is O=C(C1CC12CCN(Cc1ccc(CO)o1)CC2)N1CCN(CC=Cc2ccccc2)CC1. The number of rotatable bonds is 7. The number of benzene rings is 1. The first-order valence-electron chi connectivity index (χ1n) is 12.3. The summed E-state index contributed by atoms with van der Waals surface area (Å²) in [7, 11) is 0. The Morgan fingerprint density at radius 2 is 1.70 bits per heavy atom. The van der Waals surface area contributed by atoms with E-state index in [1.165, 1.54) is 5.56 Å². The minimum Gasteiger partial charge on any atom is -0.462 e. The molecule has 1 aliphatic carbocycles. The van der Waals surface area contributed by atoms with Gasteiger partial charge in [0.2, 0.25) is 5.91 Å². The van der Waals surface area contributed by atoms with Crippen molar-refractivity contribution in [1.29, 1.82) is 0 Å². The first-order chi connectivity index (χ1) is 16.1. The third-order valence-electron chi connectivity index (χ3n) is 7.75. The molecule has 3 aliphatic rings. The average molecular weight is 450 g/mol. The van der Waals surface area contributed by atoms with Crippen LogP contribution >= 0.6 is 0 Å². The molecule has 1 spiro atoms. The zero-order valence-electron chi connectivity index (χ0n) is 19.4. The molecule has 2 saturated heterocycles. The van der Waals surface area contributed by atoms with E-state index in [1.54, 1.807) is 0 Å². The van der Waals surface area contributed by atoms with Crippen LogP contribution in [0.25, 0.3) is 6.08 Å². The minimum atomic E-state index is -0.0500. The van der Waals surface area contributed by atoms with Crippen molar-refractivity contribution in [3.05, 3.63) is 65.6 Å². The van der Waals surface area contributed by atoms with Crippen LogP contribution in [0.4, 0.5) is 0 Å². The molecule has 2 aromatic rings. The number of furan rings is 1. The monoisotopic (exact) mass is 449 g/mol. The third kappa shape index (κ3) is 5.24. The van der Waals surface area contributed by atoms with Gasteiger partial charge in [-0.15, -0.1) is 0 Å². The summed E-state index contributed by atoms with van der Waals surface area (Å²) < 4.78 is 5.64. The molecule has 33 heavy (non-hydrogen) atoms. The molecule has 5 rings (SSSR count). The van der Waals surface area contributed by atoms with Gasteiger partial charge in [0.05, 0.1) is 6.54 Å². The smallest absolute Gasteiger partial charge is 0.226 e. The van der Waals surface area contributed by atoms with Crippen molar-refractivity contribution in [2.24, 2.45) is 11.3 Å². The summed E-state index contributed by atoms with van der Waals surface area (Å²) in [6.45, 7) is 7.32. The number of aliphatic hydroxyl groups is 1. The fourth-order valence-electron chi connectivity index (χ4n) is 5.49. The molecule has 0 bridgehead atoms. The lowest BCUT2D eigenvalue weighted by Gasteiger charge is -2.36. The maximum atomic E-state index is 13.2. The Balaban J connectivity index is 1.04. The van der Waals surface area contributed by atoms with E-state index in [0.717, 1.165) is 77.4 Å². The number of carbonyl (C=O) groups is 1. The van der Waals surface area contributed by atoms with Gasteiger partial charge >= 0.3 is 0 Å². The molecule has 1 saturated carbocycles. The Bertz CT molecular complexity index is 954. The van der Waals surface area contributed by atoms with Gasteiger partial charge in [0.25, 0.3) is 0 Å². The van der Waals surface area contributed by atoms with Crippen LogP contribution in [-0.2, 0) is 17.9 Å². The Morgan fingerprint density at radius 1 is 0.970 bits per heavy atom. The van der Waals surface area contributed by atoms with Gasteiger partial charge in [0.1, 0.15) is 18.1 Å². The van der Waals surface area contributed by atoms with Crippen molar-refractivity contribution in [3.63, 3.8) is 0 Å². The molecular weight excluding hydrogens is 414 g/mol. The Hall–Kier alpha value is -2.41. The van der Waals surface area contributed by atoms with Gasteiger partial charge in [0, 0.05) is 38.6 Å². The van der Waals surface area contributed by atoms with Gasteiger partial charge in [-0.2, -0.15) is 0 Å². The number of nitrogens with zero attached hydrogens (tertiary/aromatic N) is 3. The van der Waals surface area contributed by atoms with E-state index in [4.69, 9.17) is 9.52 Å². The summed E-state index contributed by atoms with van der Waals surface area (Å²) in [5.74, 6) is 2.16. The summed E-state index contributed by atoms with van der Waals surface area (Å²) in [4.78, 5) is 20.1. The molecule has 6 heteroatoms. The predicted molar refractivity (Wildman–Crippen MR) is 128 cm³/mol. The van der Waals surface area contributed by atoms with Crippen LogP contribution < -0.4 is 0 Å². The van der Waals surface area contributed by atoms with Gasteiger partial charge in [-0.3, -0.25) is 14.6 Å². The lowest BCUT2D eigenvalue weighted by Crippen LogP contribution is -2.49. The van der Waals surface area contributed by atoms with E-state index in [-0.39, 0.29) is 17.9 Å². The van der Waals surface area contributed by atoms with Gasteiger partial charge in [-0.1, -0.05) is 42.5 Å². The lowest BCUT2D eigenvalue weighted by molar-refractivity contribution is -0.135. The van der Waals surface area contributed by atoms with Gasteiger partial charge in [0.15, 0.2) is 0 Å². The van der Waals surface area contributed by atoms with E-state index < -0.39 is 0 Å². The van der Waals surface area contributed by atoms with E-state index in [1.807, 2.05) is 18.2 Å². The minimum absolute atomic E-state index is 0.0500. The lowest BCUT2D eigenvalue weighted by atomic mass is 9.90. The molecule has 6 nitrogen and oxygen atoms in total. The highest BCUT2D eigenvalue weighted by atomic mass is 16.4. The normalized spacial score (nSPS) is 23.4. The van der Waals surface area contributed by atoms with Crippen molar-refractivity contribution >= 4 is 12.0 Å². The first-order valence-corrected chi connectivity index (χ1v) is 12.3. The number of aliphatic hydroxyl groups excluding tert-OH is 1. The van der Waals surface area contributed by atoms with Crippen LogP contribution in [0.1, 0.15) is 36.3 Å². The van der Waals surface area contributed by atoms with Crippen molar-refractivity contribution in [2.75, 3.05) is 45.8 Å². The summed E-state index contributed by atoms with van der Waals surface area (Å²) in [5, 5.41) is 9.17. The zero-order valence-corrected chi connectivity index (χ0v) is 19.4. The molecule has 2 aliphatic heterocycles. The fraction of sp³-hybridized carbons (Fsp3) is 0.519. The number of hydrogen-bond donors (Lipinski definition) is 1. The molecule has 1 atom stereocenters. The third-order valence-corrected chi connectivity index (χ3v) is 7.75. The van der Waals surface area contributed by atoms with E-state index in [2.05, 4.69) is 51.1 Å². The second-order valence-electron chi connectivity index (χ2n) is 9.86. The molecule has 0 radical (unpaired) electrons. The number of piperidine rings is 1. The first kappa shape index (κ1) is 22.4. The Morgan fingerprint density at radius 3 is 2.39 bits per heavy atom. The highest BCUT2D eigenvalue weighted by molar-refractivity contribution is 5.83. The van der Waals surface area contributed by atoms with Crippen LogP contribution in [0, 0.1) is 11.3 Å². The second-order valence-corrected chi connectivity index (χ2v) is 9.86. The standard InChI is InChI=1S/C27H35N3O3/c31-21-24-9-8-23(33-24)20-29-13-10-27(11-14-29)19-25(27)26(32)30-17-15-28(16-18-30)12-4-7-22-5-2-1-3-6-22/h1-9,25,31H,10-21H2. The molecule has 1 amide bonds. The molecule has 1 N–H and O–H groups in total. The number of piperazine rings is 1. The Labute approximate surface area is 196 Å². The van der Waals surface area contributed by atoms with Crippen molar-refractivity contribution < 1.29 is 14.3 Å². The number of carbonyl (C=O) groups excluding carboxylic acids is 1. The van der Waals surface area contributed by atoms with Crippen molar-refractivity contribution in [1.82, 2.24) is 14.7 Å². The van der Waals surface area contributed by atoms with Gasteiger partial charge in [-0.05, 0) is 55.5 Å². The summed E-state index contributed by atoms with van der Waals surface area (Å²) >= 11 is 0. The molecule has 3 fully saturated rings. The van der Waals surface area contributed by atoms with Crippen LogP contribution in [0.2, 0.25) is 0 Å². The van der Waals surface area contributed by atoms with Gasteiger partial charge < -0.3 is 14.4 Å². The number of amides is 1. The topological polar surface area (TPSA) is 60.2 Å². The maximum Gasteiger partial charge on any atom is 0.226 e. The highest BCUT2D eigenvalue weighted by Crippen LogP contribution is 2.60. The largest absolute Gasteiger partial charge is 0.462 e. The van der Waals surface area contributed by atoms with E-state index in [0.29, 0.717) is 11.7 Å². The molecule has 1 unspecified atom stereocenters. The predicted octanol–water partition coefficient (Wildman–Crippen LogP) is 3.23. The summed E-state index contributed by atoms with van der Waals surface area (Å²) in [6, 6.07) is 14.2. The molecular formula is C27H35N3O3. The number of likely N-dealkylation sites (tertiary alicyclic amines) is 1. The maximum absolute atomic E-state index is 13.2. The van der Waals surface area contributed by atoms with Crippen molar-refractivity contribution in [3.8, 4) is 0 Å². The molecule has 1 aromatic carbocycles. The van der Waals surface area contributed by atoms with E-state index >= 15 is 0 Å². The van der Waals surface area contributed by atoms with Crippen molar-refractivity contribution in [2.45, 2.75) is 32.4 Å². The van der Waals surface area contributed by atoms with Gasteiger partial charge in [-0.25, -0.2) is 0 Å². The summed E-state index contributed by atoms with van der Waals surface area (Å²) in [6.07, 6.45) is 7.66. The second kappa shape index (κ2) is 9.84. The molecule has 176 valence electrons. The fourth-order valence-corrected chi connectivity index (χ4v) is 5.49. The molecule has 3 heterocycles. The zero-order chi connectivity index (χ0) is 22.7. The molecule has 1 aromatic heterocycles.